The van der Waals surface area contributed by atoms with E-state index in [1.807, 2.05) is 0 Å². The first-order chi connectivity index (χ1) is 11.0. The van der Waals surface area contributed by atoms with Crippen LogP contribution >= 0.6 is 12.2 Å². The fourth-order valence-electron chi connectivity index (χ4n) is 1.64. The van der Waals surface area contributed by atoms with Gasteiger partial charge in [-0.15, -0.1) is 0 Å². The van der Waals surface area contributed by atoms with Crippen molar-refractivity contribution in [1.82, 2.24) is 16.2 Å². The summed E-state index contributed by atoms with van der Waals surface area (Å²) in [6.07, 6.45) is 0.280. The Morgan fingerprint density at radius 3 is 2.04 bits per heavy atom. The number of nitrogens with one attached hydrogen (secondary N) is 3. The van der Waals surface area contributed by atoms with Gasteiger partial charge in [-0.2, -0.15) is 0 Å². The Morgan fingerprint density at radius 2 is 1.61 bits per heavy atom. The van der Waals surface area contributed by atoms with Crippen LogP contribution in [0.3, 0.4) is 0 Å². The van der Waals surface area contributed by atoms with Crippen molar-refractivity contribution < 1.29 is 23.8 Å². The van der Waals surface area contributed by atoms with Gasteiger partial charge in [0.15, 0.2) is 16.6 Å². The highest BCUT2D eigenvalue weighted by atomic mass is 32.1. The lowest BCUT2D eigenvalue weighted by molar-refractivity contribution is -0.119. The molecule has 1 aromatic rings. The van der Waals surface area contributed by atoms with Crippen LogP contribution in [0.5, 0.6) is 17.2 Å². The van der Waals surface area contributed by atoms with Crippen LogP contribution < -0.4 is 30.4 Å². The molecule has 0 aliphatic rings. The first-order valence-electron chi connectivity index (χ1n) is 6.66. The van der Waals surface area contributed by atoms with Crippen molar-refractivity contribution >= 4 is 29.1 Å². The topological polar surface area (TPSA) is 97.9 Å². The molecule has 0 saturated heterocycles. The third-order valence-corrected chi connectivity index (χ3v) is 2.99. The number of benzene rings is 1. The number of ether oxygens (including phenoxy) is 3. The van der Waals surface area contributed by atoms with Gasteiger partial charge in [-0.25, -0.2) is 0 Å². The fraction of sp³-hybridized carbons (Fsp3) is 0.357. The molecule has 0 bridgehead atoms. The summed E-state index contributed by atoms with van der Waals surface area (Å²) in [5.74, 6) is 0.324. The minimum absolute atomic E-state index is 0.00218. The van der Waals surface area contributed by atoms with Gasteiger partial charge in [-0.1, -0.05) is 6.92 Å². The Bertz CT molecular complexity index is 581. The number of hydrogen-bond donors (Lipinski definition) is 3. The molecule has 0 radical (unpaired) electrons. The molecule has 1 rings (SSSR count). The predicted molar refractivity (Wildman–Crippen MR) is 87.7 cm³/mol. The monoisotopic (exact) mass is 341 g/mol. The van der Waals surface area contributed by atoms with Crippen molar-refractivity contribution in [2.45, 2.75) is 13.3 Å². The lowest BCUT2D eigenvalue weighted by Gasteiger charge is -2.14. The molecule has 0 heterocycles. The SMILES string of the molecule is CCC(=O)NC(=S)NNC(=O)c1cc(OC)c(OC)c(OC)c1. The second-order valence-electron chi connectivity index (χ2n) is 4.22. The van der Waals surface area contributed by atoms with E-state index in [0.29, 0.717) is 17.2 Å². The first-order valence-corrected chi connectivity index (χ1v) is 7.07. The molecule has 8 nitrogen and oxygen atoms in total. The normalized spacial score (nSPS) is 9.57. The van der Waals surface area contributed by atoms with Crippen LogP contribution in [0, 0.1) is 0 Å². The molecular formula is C14H19N3O5S. The Morgan fingerprint density at radius 1 is 1.04 bits per heavy atom. The summed E-state index contributed by atoms with van der Waals surface area (Å²) in [6, 6.07) is 2.98. The molecule has 0 atom stereocenters. The molecule has 1 aromatic carbocycles. The summed E-state index contributed by atoms with van der Waals surface area (Å²) in [6.45, 7) is 1.69. The van der Waals surface area contributed by atoms with E-state index < -0.39 is 5.91 Å². The molecule has 126 valence electrons. The van der Waals surface area contributed by atoms with Crippen LogP contribution in [0.2, 0.25) is 0 Å². The van der Waals surface area contributed by atoms with E-state index in [2.05, 4.69) is 16.2 Å². The van der Waals surface area contributed by atoms with E-state index in [1.54, 1.807) is 6.92 Å². The number of rotatable bonds is 5. The maximum atomic E-state index is 12.1. The molecule has 0 aromatic heterocycles. The molecule has 3 N–H and O–H groups in total. The highest BCUT2D eigenvalue weighted by Crippen LogP contribution is 2.38. The molecular weight excluding hydrogens is 322 g/mol. The van der Waals surface area contributed by atoms with Crippen molar-refractivity contribution in [3.63, 3.8) is 0 Å². The average Bonchev–Trinajstić information content (AvgIpc) is 2.57. The lowest BCUT2D eigenvalue weighted by atomic mass is 10.1. The maximum Gasteiger partial charge on any atom is 0.269 e. The van der Waals surface area contributed by atoms with Crippen LogP contribution in [0.15, 0.2) is 12.1 Å². The smallest absolute Gasteiger partial charge is 0.269 e. The fourth-order valence-corrected chi connectivity index (χ4v) is 1.81. The molecule has 23 heavy (non-hydrogen) atoms. The molecule has 0 spiro atoms. The molecule has 0 fully saturated rings. The van der Waals surface area contributed by atoms with Gasteiger partial charge in [0.1, 0.15) is 0 Å². The largest absolute Gasteiger partial charge is 0.493 e. The summed E-state index contributed by atoms with van der Waals surface area (Å²) in [7, 11) is 4.37. The quantitative estimate of drug-likeness (QED) is 0.537. The van der Waals surface area contributed by atoms with Crippen molar-refractivity contribution in [1.29, 1.82) is 0 Å². The second-order valence-corrected chi connectivity index (χ2v) is 4.63. The van der Waals surface area contributed by atoms with Crippen molar-refractivity contribution in [3.05, 3.63) is 17.7 Å². The highest BCUT2D eigenvalue weighted by Gasteiger charge is 2.17. The third kappa shape index (κ3) is 4.99. The van der Waals surface area contributed by atoms with Crippen LogP contribution in [0.1, 0.15) is 23.7 Å². The van der Waals surface area contributed by atoms with E-state index in [9.17, 15) is 9.59 Å². The number of hydrazine groups is 1. The van der Waals surface area contributed by atoms with Gasteiger partial charge < -0.3 is 19.5 Å². The van der Waals surface area contributed by atoms with Gasteiger partial charge in [-0.05, 0) is 24.4 Å². The molecule has 0 aliphatic heterocycles. The van der Waals surface area contributed by atoms with E-state index in [4.69, 9.17) is 26.4 Å². The number of thiocarbonyl (C=S) groups is 1. The van der Waals surface area contributed by atoms with E-state index >= 15 is 0 Å². The number of carbonyl (C=O) groups is 2. The van der Waals surface area contributed by atoms with Gasteiger partial charge >= 0.3 is 0 Å². The molecule has 0 aliphatic carbocycles. The Hall–Kier alpha value is -2.55. The zero-order chi connectivity index (χ0) is 17.4. The Labute approximate surface area is 139 Å². The summed E-state index contributed by atoms with van der Waals surface area (Å²) < 4.78 is 15.5. The minimum atomic E-state index is -0.489. The zero-order valence-corrected chi connectivity index (χ0v) is 14.1. The minimum Gasteiger partial charge on any atom is -0.493 e. The summed E-state index contributed by atoms with van der Waals surface area (Å²) in [4.78, 5) is 23.3. The number of amides is 2. The number of hydrogen-bond acceptors (Lipinski definition) is 6. The highest BCUT2D eigenvalue weighted by molar-refractivity contribution is 7.80. The maximum absolute atomic E-state index is 12.1. The van der Waals surface area contributed by atoms with Gasteiger partial charge in [0.2, 0.25) is 11.7 Å². The van der Waals surface area contributed by atoms with Crippen LogP contribution in [-0.2, 0) is 4.79 Å². The van der Waals surface area contributed by atoms with E-state index in [1.165, 1.54) is 33.5 Å². The van der Waals surface area contributed by atoms with Gasteiger partial charge in [0, 0.05) is 12.0 Å². The van der Waals surface area contributed by atoms with Crippen LogP contribution in [0.4, 0.5) is 0 Å². The van der Waals surface area contributed by atoms with Gasteiger partial charge in [-0.3, -0.25) is 20.4 Å². The van der Waals surface area contributed by atoms with Crippen molar-refractivity contribution in [2.75, 3.05) is 21.3 Å². The van der Waals surface area contributed by atoms with Crippen LogP contribution in [-0.4, -0.2) is 38.3 Å². The average molecular weight is 341 g/mol. The summed E-state index contributed by atoms with van der Waals surface area (Å²) in [5.41, 5.74) is 5.07. The Balaban J connectivity index is 2.84. The van der Waals surface area contributed by atoms with Crippen LogP contribution in [0.25, 0.3) is 0 Å². The lowest BCUT2D eigenvalue weighted by Crippen LogP contribution is -2.48. The van der Waals surface area contributed by atoms with E-state index in [-0.39, 0.29) is 23.0 Å². The third-order valence-electron chi connectivity index (χ3n) is 2.79. The second kappa shape index (κ2) is 8.79. The Kier molecular flexibility index (Phi) is 7.07. The van der Waals surface area contributed by atoms with E-state index in [0.717, 1.165) is 0 Å². The molecule has 0 unspecified atom stereocenters. The van der Waals surface area contributed by atoms with Gasteiger partial charge in [0.25, 0.3) is 5.91 Å². The van der Waals surface area contributed by atoms with Crippen molar-refractivity contribution in [3.8, 4) is 17.2 Å². The molecule has 9 heteroatoms. The van der Waals surface area contributed by atoms with Gasteiger partial charge in [0.05, 0.1) is 21.3 Å². The summed E-state index contributed by atoms with van der Waals surface area (Å²) >= 11 is 4.87. The standard InChI is InChI=1S/C14H19N3O5S/c1-5-11(18)15-14(23)17-16-13(19)8-6-9(20-2)12(22-4)10(7-8)21-3/h6-7H,5H2,1-4H3,(H,16,19)(H2,15,17,18,23). The summed E-state index contributed by atoms with van der Waals surface area (Å²) in [5, 5.41) is 2.39. The van der Waals surface area contributed by atoms with Crippen molar-refractivity contribution in [2.24, 2.45) is 0 Å². The number of carbonyl (C=O) groups excluding carboxylic acids is 2. The first kappa shape index (κ1) is 18.5. The molecule has 2 amide bonds. The number of methoxy groups -OCH3 is 3. The zero-order valence-electron chi connectivity index (χ0n) is 13.3. The predicted octanol–water partition coefficient (Wildman–Crippen LogP) is 0.758. The molecule has 0 saturated carbocycles.